The fourth-order valence-corrected chi connectivity index (χ4v) is 4.35. The van der Waals surface area contributed by atoms with Crippen molar-refractivity contribution in [3.63, 3.8) is 0 Å². The molecule has 1 saturated heterocycles. The van der Waals surface area contributed by atoms with Crippen LogP contribution >= 0.6 is 15.9 Å². The van der Waals surface area contributed by atoms with E-state index >= 15 is 0 Å². The molecule has 0 N–H and O–H groups in total. The highest BCUT2D eigenvalue weighted by molar-refractivity contribution is 9.10. The lowest BCUT2D eigenvalue weighted by Crippen LogP contribution is -2.31. The van der Waals surface area contributed by atoms with Gasteiger partial charge in [0, 0.05) is 4.47 Å². The molecule has 4 rings (SSSR count). The fourth-order valence-electron chi connectivity index (χ4n) is 4.08. The molecule has 0 aromatic heterocycles. The van der Waals surface area contributed by atoms with Crippen molar-refractivity contribution in [3.05, 3.63) is 58.6 Å². The smallest absolute Gasteiger partial charge is 0.343 e. The van der Waals surface area contributed by atoms with Crippen LogP contribution in [-0.4, -0.2) is 17.8 Å². The topological polar surface area (TPSA) is 63.7 Å². The first-order chi connectivity index (χ1) is 13.4. The average molecular weight is 442 g/mol. The third-order valence-corrected chi connectivity index (χ3v) is 6.08. The van der Waals surface area contributed by atoms with Crippen molar-refractivity contribution in [2.75, 3.05) is 4.90 Å². The van der Waals surface area contributed by atoms with E-state index in [0.29, 0.717) is 22.9 Å². The highest BCUT2D eigenvalue weighted by atomic mass is 79.9. The summed E-state index contributed by atoms with van der Waals surface area (Å²) < 4.78 is 6.27. The molecule has 3 atom stereocenters. The van der Waals surface area contributed by atoms with Gasteiger partial charge in [0.1, 0.15) is 5.75 Å². The van der Waals surface area contributed by atoms with Gasteiger partial charge in [-0.15, -0.1) is 0 Å². The Kier molecular flexibility index (Phi) is 5.06. The van der Waals surface area contributed by atoms with Crippen molar-refractivity contribution in [2.45, 2.75) is 26.2 Å². The zero-order chi connectivity index (χ0) is 19.8. The van der Waals surface area contributed by atoms with E-state index in [1.54, 1.807) is 48.5 Å². The molecule has 0 radical (unpaired) electrons. The van der Waals surface area contributed by atoms with Crippen LogP contribution in [0.3, 0.4) is 0 Å². The SMILES string of the molecule is C[C@H]1CC[C@@H]2C(=O)N(c3cccc(C(=O)Oc4ccc(Br)cc4)c3)C(=O)[C@@H]2C1. The maximum Gasteiger partial charge on any atom is 0.343 e. The Morgan fingerprint density at radius 3 is 2.50 bits per heavy atom. The van der Waals surface area contributed by atoms with E-state index in [1.807, 2.05) is 0 Å². The molecule has 1 saturated carbocycles. The molecule has 2 fully saturated rings. The number of fused-ring (bicyclic) bond motifs is 1. The summed E-state index contributed by atoms with van der Waals surface area (Å²) in [5.41, 5.74) is 0.728. The molecular weight excluding hydrogens is 422 g/mol. The van der Waals surface area contributed by atoms with E-state index in [0.717, 1.165) is 23.7 Å². The van der Waals surface area contributed by atoms with Crippen molar-refractivity contribution < 1.29 is 19.1 Å². The molecule has 0 unspecified atom stereocenters. The Bertz CT molecular complexity index is 940. The number of carbonyl (C=O) groups excluding carboxylic acids is 3. The normalized spacial score (nSPS) is 24.2. The molecule has 2 aromatic rings. The fraction of sp³-hybridized carbons (Fsp3) is 0.318. The van der Waals surface area contributed by atoms with Gasteiger partial charge in [0.15, 0.2) is 0 Å². The average Bonchev–Trinajstić information content (AvgIpc) is 2.93. The number of halogens is 1. The predicted octanol–water partition coefficient (Wildman–Crippen LogP) is 4.59. The molecule has 28 heavy (non-hydrogen) atoms. The third-order valence-electron chi connectivity index (χ3n) is 5.55. The first kappa shape index (κ1) is 18.9. The van der Waals surface area contributed by atoms with E-state index in [4.69, 9.17) is 4.74 Å². The highest BCUT2D eigenvalue weighted by Crippen LogP contribution is 2.42. The van der Waals surface area contributed by atoms with E-state index in [1.165, 1.54) is 4.90 Å². The minimum absolute atomic E-state index is 0.152. The number of anilines is 1. The number of amides is 2. The molecular formula is C22H20BrNO4. The van der Waals surface area contributed by atoms with Gasteiger partial charge in [0.05, 0.1) is 23.1 Å². The van der Waals surface area contributed by atoms with Gasteiger partial charge in [-0.25, -0.2) is 4.79 Å². The number of imide groups is 1. The van der Waals surface area contributed by atoms with Crippen LogP contribution in [-0.2, 0) is 9.59 Å². The summed E-state index contributed by atoms with van der Waals surface area (Å²) in [7, 11) is 0. The maximum atomic E-state index is 12.9. The van der Waals surface area contributed by atoms with Gasteiger partial charge in [-0.05, 0) is 67.6 Å². The molecule has 5 nitrogen and oxygen atoms in total. The van der Waals surface area contributed by atoms with Crippen molar-refractivity contribution in [1.82, 2.24) is 0 Å². The highest BCUT2D eigenvalue weighted by Gasteiger charge is 2.50. The second kappa shape index (κ2) is 7.51. The monoisotopic (exact) mass is 441 g/mol. The maximum absolute atomic E-state index is 12.9. The Morgan fingerprint density at radius 1 is 1.04 bits per heavy atom. The quantitative estimate of drug-likeness (QED) is 0.396. The Balaban J connectivity index is 1.56. The number of nitrogens with zero attached hydrogens (tertiary/aromatic N) is 1. The second-order valence-corrected chi connectivity index (χ2v) is 8.45. The summed E-state index contributed by atoms with van der Waals surface area (Å²) in [6.07, 6.45) is 2.46. The van der Waals surface area contributed by atoms with E-state index < -0.39 is 5.97 Å². The van der Waals surface area contributed by atoms with Crippen LogP contribution in [0.15, 0.2) is 53.0 Å². The first-order valence-corrected chi connectivity index (χ1v) is 10.2. The Morgan fingerprint density at radius 2 is 1.75 bits per heavy atom. The third kappa shape index (κ3) is 3.49. The predicted molar refractivity (Wildman–Crippen MR) is 108 cm³/mol. The van der Waals surface area contributed by atoms with Gasteiger partial charge in [-0.3, -0.25) is 14.5 Å². The molecule has 1 aliphatic heterocycles. The Labute approximate surface area is 171 Å². The number of esters is 1. The van der Waals surface area contributed by atoms with Gasteiger partial charge >= 0.3 is 5.97 Å². The van der Waals surface area contributed by atoms with Gasteiger partial charge in [0.2, 0.25) is 11.8 Å². The summed E-state index contributed by atoms with van der Waals surface area (Å²) in [4.78, 5) is 39.5. The van der Waals surface area contributed by atoms with Gasteiger partial charge < -0.3 is 4.74 Å². The van der Waals surface area contributed by atoms with Crippen LogP contribution < -0.4 is 9.64 Å². The van der Waals surface area contributed by atoms with Crippen molar-refractivity contribution in [2.24, 2.45) is 17.8 Å². The number of hydrogen-bond donors (Lipinski definition) is 0. The van der Waals surface area contributed by atoms with Gasteiger partial charge in [0.25, 0.3) is 0 Å². The molecule has 144 valence electrons. The van der Waals surface area contributed by atoms with Crippen LogP contribution in [0, 0.1) is 17.8 Å². The zero-order valence-corrected chi connectivity index (χ0v) is 17.0. The molecule has 2 amide bonds. The number of ether oxygens (including phenoxy) is 1. The van der Waals surface area contributed by atoms with Gasteiger partial charge in [-0.2, -0.15) is 0 Å². The first-order valence-electron chi connectivity index (χ1n) is 9.39. The van der Waals surface area contributed by atoms with Crippen LogP contribution in [0.25, 0.3) is 0 Å². The lowest BCUT2D eigenvalue weighted by atomic mass is 9.76. The summed E-state index contributed by atoms with van der Waals surface area (Å²) >= 11 is 3.33. The largest absolute Gasteiger partial charge is 0.423 e. The standard InChI is InChI=1S/C22H20BrNO4/c1-13-5-10-18-19(11-13)21(26)24(20(18)25)16-4-2-3-14(12-16)22(27)28-17-8-6-15(23)7-9-17/h2-4,6-9,12-13,18-19H,5,10-11H2,1H3/t13-,18-,19+/m0/s1. The van der Waals surface area contributed by atoms with Crippen LogP contribution in [0.2, 0.25) is 0 Å². The van der Waals surface area contributed by atoms with Crippen LogP contribution in [0.5, 0.6) is 5.75 Å². The molecule has 0 bridgehead atoms. The van der Waals surface area contributed by atoms with Crippen molar-refractivity contribution in [1.29, 1.82) is 0 Å². The van der Waals surface area contributed by atoms with Gasteiger partial charge in [-0.1, -0.05) is 28.9 Å². The molecule has 1 heterocycles. The van der Waals surface area contributed by atoms with E-state index in [9.17, 15) is 14.4 Å². The minimum Gasteiger partial charge on any atom is -0.423 e. The summed E-state index contributed by atoms with van der Waals surface area (Å²) in [6, 6.07) is 13.5. The molecule has 6 heteroatoms. The molecule has 2 aromatic carbocycles. The van der Waals surface area contributed by atoms with Crippen LogP contribution in [0.1, 0.15) is 36.5 Å². The van der Waals surface area contributed by atoms with Crippen LogP contribution in [0.4, 0.5) is 5.69 Å². The lowest BCUT2D eigenvalue weighted by molar-refractivity contribution is -0.122. The minimum atomic E-state index is -0.533. The Hall–Kier alpha value is -2.47. The van der Waals surface area contributed by atoms with E-state index in [2.05, 4.69) is 22.9 Å². The number of hydrogen-bond acceptors (Lipinski definition) is 4. The second-order valence-electron chi connectivity index (χ2n) is 7.54. The molecule has 1 aliphatic carbocycles. The molecule has 2 aliphatic rings. The number of rotatable bonds is 3. The summed E-state index contributed by atoms with van der Waals surface area (Å²) in [5.74, 6) is -0.441. The van der Waals surface area contributed by atoms with Crippen molar-refractivity contribution >= 4 is 39.4 Å². The number of carbonyl (C=O) groups is 3. The number of benzene rings is 2. The zero-order valence-electron chi connectivity index (χ0n) is 15.4. The summed E-state index contributed by atoms with van der Waals surface area (Å²) in [6.45, 7) is 2.12. The van der Waals surface area contributed by atoms with Crippen molar-refractivity contribution in [3.8, 4) is 5.75 Å². The lowest BCUT2D eigenvalue weighted by Gasteiger charge is -2.25. The van der Waals surface area contributed by atoms with E-state index in [-0.39, 0.29) is 23.7 Å². The summed E-state index contributed by atoms with van der Waals surface area (Å²) in [5, 5.41) is 0. The molecule has 0 spiro atoms.